The molecule has 0 saturated carbocycles. The molecule has 0 radical (unpaired) electrons. The lowest BCUT2D eigenvalue weighted by Crippen LogP contribution is -2.35. The molecule has 0 aliphatic carbocycles. The van der Waals surface area contributed by atoms with E-state index in [-0.39, 0.29) is 18.6 Å². The molecule has 0 aliphatic rings. The molecule has 116 valence electrons. The van der Waals surface area contributed by atoms with E-state index in [0.29, 0.717) is 22.8 Å². The maximum atomic E-state index is 11.7. The fourth-order valence-electron chi connectivity index (χ4n) is 1.66. The minimum atomic E-state index is -0.197. The maximum Gasteiger partial charge on any atom is 0.258 e. The second kappa shape index (κ2) is 8.14. The summed E-state index contributed by atoms with van der Waals surface area (Å²) in [6.07, 6.45) is 0.854. The van der Waals surface area contributed by atoms with E-state index in [9.17, 15) is 4.79 Å². The van der Waals surface area contributed by atoms with Crippen molar-refractivity contribution in [3.05, 3.63) is 23.8 Å². The Bertz CT molecular complexity index is 514. The summed E-state index contributed by atoms with van der Waals surface area (Å²) >= 11 is 0. The highest BCUT2D eigenvalue weighted by molar-refractivity contribution is 6.01. The van der Waals surface area contributed by atoms with Crippen molar-refractivity contribution in [1.82, 2.24) is 5.32 Å². The van der Waals surface area contributed by atoms with E-state index in [1.807, 2.05) is 13.8 Å². The number of hydrogen-bond acceptors (Lipinski definition) is 5. The van der Waals surface area contributed by atoms with Crippen molar-refractivity contribution >= 4 is 11.6 Å². The highest BCUT2D eigenvalue weighted by atomic mass is 16.5. The first-order chi connectivity index (χ1) is 10.0. The Morgan fingerprint density at radius 1 is 1.48 bits per heavy atom. The lowest BCUT2D eigenvalue weighted by Gasteiger charge is -2.14. The first kappa shape index (κ1) is 16.8. The minimum absolute atomic E-state index is 0.103. The van der Waals surface area contributed by atoms with E-state index >= 15 is 0 Å². The Morgan fingerprint density at radius 2 is 2.19 bits per heavy atom. The van der Waals surface area contributed by atoms with Crippen LogP contribution in [-0.2, 0) is 4.79 Å². The molecule has 1 aromatic carbocycles. The van der Waals surface area contributed by atoms with Gasteiger partial charge < -0.3 is 20.0 Å². The number of nitrogens with one attached hydrogen (secondary N) is 1. The number of ether oxygens (including phenoxy) is 2. The minimum Gasteiger partial charge on any atom is -0.497 e. The highest BCUT2D eigenvalue weighted by Crippen LogP contribution is 2.25. The zero-order chi connectivity index (χ0) is 15.8. The molecule has 0 fully saturated rings. The molecule has 1 unspecified atom stereocenters. The molecule has 2 N–H and O–H groups in total. The van der Waals surface area contributed by atoms with E-state index in [4.69, 9.17) is 14.7 Å². The number of carbonyl (C=O) groups is 1. The first-order valence-corrected chi connectivity index (χ1v) is 6.81. The number of nitrogens with zero attached hydrogens (tertiary/aromatic N) is 1. The van der Waals surface area contributed by atoms with Gasteiger partial charge in [-0.25, -0.2) is 0 Å². The average Bonchev–Trinajstić information content (AvgIpc) is 2.51. The van der Waals surface area contributed by atoms with E-state index in [0.717, 1.165) is 6.42 Å². The van der Waals surface area contributed by atoms with Crippen molar-refractivity contribution in [3.63, 3.8) is 0 Å². The largest absolute Gasteiger partial charge is 0.497 e. The molecule has 1 rings (SSSR count). The van der Waals surface area contributed by atoms with Crippen molar-refractivity contribution in [2.45, 2.75) is 33.2 Å². The van der Waals surface area contributed by atoms with Crippen molar-refractivity contribution in [1.29, 1.82) is 0 Å². The molecular weight excluding hydrogens is 272 g/mol. The Labute approximate surface area is 124 Å². The summed E-state index contributed by atoms with van der Waals surface area (Å²) in [7, 11) is 1.54. The second-order valence-corrected chi connectivity index (χ2v) is 4.71. The van der Waals surface area contributed by atoms with Gasteiger partial charge in [0.2, 0.25) is 0 Å². The van der Waals surface area contributed by atoms with Crippen LogP contribution in [0.5, 0.6) is 11.5 Å². The number of oxime groups is 1. The smallest absolute Gasteiger partial charge is 0.258 e. The Kier molecular flexibility index (Phi) is 6.52. The average molecular weight is 294 g/mol. The summed E-state index contributed by atoms with van der Waals surface area (Å²) in [4.78, 5) is 11.7. The molecule has 0 saturated heterocycles. The fraction of sp³-hybridized carbons (Fsp3) is 0.467. The van der Waals surface area contributed by atoms with Crippen LogP contribution in [0.25, 0.3) is 0 Å². The van der Waals surface area contributed by atoms with Gasteiger partial charge in [-0.2, -0.15) is 0 Å². The third-order valence-corrected chi connectivity index (χ3v) is 3.11. The quantitative estimate of drug-likeness (QED) is 0.459. The molecule has 6 heteroatoms. The zero-order valence-corrected chi connectivity index (χ0v) is 12.8. The molecule has 0 aromatic heterocycles. The second-order valence-electron chi connectivity index (χ2n) is 4.71. The normalized spacial score (nSPS) is 12.7. The van der Waals surface area contributed by atoms with E-state index < -0.39 is 0 Å². The van der Waals surface area contributed by atoms with Crippen LogP contribution >= 0.6 is 0 Å². The highest BCUT2D eigenvalue weighted by Gasteiger charge is 2.12. The fourth-order valence-corrected chi connectivity index (χ4v) is 1.66. The molecule has 1 aromatic rings. The molecular formula is C15H22N2O4. The first-order valence-electron chi connectivity index (χ1n) is 6.81. The van der Waals surface area contributed by atoms with Gasteiger partial charge in [-0.15, -0.1) is 0 Å². The molecule has 0 bridgehead atoms. The van der Waals surface area contributed by atoms with Gasteiger partial charge in [-0.05, 0) is 32.4 Å². The maximum absolute atomic E-state index is 11.7. The Morgan fingerprint density at radius 3 is 2.76 bits per heavy atom. The summed E-state index contributed by atoms with van der Waals surface area (Å²) < 4.78 is 10.7. The van der Waals surface area contributed by atoms with Crippen LogP contribution in [0.2, 0.25) is 0 Å². The molecule has 6 nitrogen and oxygen atoms in total. The van der Waals surface area contributed by atoms with Crippen LogP contribution in [0, 0.1) is 0 Å². The number of amides is 1. The van der Waals surface area contributed by atoms with Gasteiger partial charge in [0, 0.05) is 17.7 Å². The zero-order valence-electron chi connectivity index (χ0n) is 12.8. The lowest BCUT2D eigenvalue weighted by molar-refractivity contribution is -0.123. The lowest BCUT2D eigenvalue weighted by atomic mass is 10.1. The van der Waals surface area contributed by atoms with E-state index in [2.05, 4.69) is 10.5 Å². The predicted octanol–water partition coefficient (Wildman–Crippen LogP) is 2.19. The topological polar surface area (TPSA) is 80.2 Å². The third kappa shape index (κ3) is 4.98. The van der Waals surface area contributed by atoms with Crippen molar-refractivity contribution in [3.8, 4) is 11.5 Å². The van der Waals surface area contributed by atoms with Crippen LogP contribution < -0.4 is 14.8 Å². The predicted molar refractivity (Wildman–Crippen MR) is 80.4 cm³/mol. The molecule has 0 aliphatic heterocycles. The van der Waals surface area contributed by atoms with Gasteiger partial charge in [0.05, 0.1) is 12.8 Å². The Hall–Kier alpha value is -2.24. The summed E-state index contributed by atoms with van der Waals surface area (Å²) in [5.41, 5.74) is 1.00. The molecule has 21 heavy (non-hydrogen) atoms. The van der Waals surface area contributed by atoms with Crippen molar-refractivity contribution in [2.75, 3.05) is 13.7 Å². The molecule has 1 atom stereocenters. The number of rotatable bonds is 7. The molecule has 0 heterocycles. The van der Waals surface area contributed by atoms with Crippen molar-refractivity contribution in [2.24, 2.45) is 5.16 Å². The summed E-state index contributed by atoms with van der Waals surface area (Å²) in [6, 6.07) is 5.21. The number of methoxy groups -OCH3 is 1. The SMILES string of the molecule is CCC(C)NC(=O)COc1cc(OC)ccc1/C(C)=N/O. The van der Waals surface area contributed by atoms with Gasteiger partial charge >= 0.3 is 0 Å². The van der Waals surface area contributed by atoms with Crippen LogP contribution in [0.1, 0.15) is 32.8 Å². The molecule has 0 spiro atoms. The number of benzene rings is 1. The van der Waals surface area contributed by atoms with E-state index in [1.54, 1.807) is 32.2 Å². The van der Waals surface area contributed by atoms with Crippen LogP contribution in [0.15, 0.2) is 23.4 Å². The molecule has 1 amide bonds. The van der Waals surface area contributed by atoms with Gasteiger partial charge in [-0.1, -0.05) is 12.1 Å². The summed E-state index contributed by atoms with van der Waals surface area (Å²) in [6.45, 7) is 5.46. The van der Waals surface area contributed by atoms with Crippen LogP contribution in [-0.4, -0.2) is 36.6 Å². The summed E-state index contributed by atoms with van der Waals surface area (Å²) in [5.74, 6) is 0.836. The number of hydrogen-bond donors (Lipinski definition) is 2. The third-order valence-electron chi connectivity index (χ3n) is 3.11. The van der Waals surface area contributed by atoms with Crippen LogP contribution in [0.4, 0.5) is 0 Å². The monoisotopic (exact) mass is 294 g/mol. The van der Waals surface area contributed by atoms with Gasteiger partial charge in [-0.3, -0.25) is 4.79 Å². The van der Waals surface area contributed by atoms with E-state index in [1.165, 1.54) is 0 Å². The van der Waals surface area contributed by atoms with Gasteiger partial charge in [0.15, 0.2) is 6.61 Å². The number of carbonyl (C=O) groups excluding carboxylic acids is 1. The summed E-state index contributed by atoms with van der Waals surface area (Å²) in [5, 5.41) is 14.9. The van der Waals surface area contributed by atoms with Crippen molar-refractivity contribution < 1.29 is 19.5 Å². The van der Waals surface area contributed by atoms with Crippen LogP contribution in [0.3, 0.4) is 0 Å². The Balaban J connectivity index is 2.83. The van der Waals surface area contributed by atoms with Gasteiger partial charge in [0.1, 0.15) is 11.5 Å². The standard InChI is InChI=1S/C15H22N2O4/c1-5-10(2)16-15(18)9-21-14-8-12(20-4)6-7-13(14)11(3)17-19/h6-8,10,19H,5,9H2,1-4H3,(H,16,18)/b17-11+. The van der Waals surface area contributed by atoms with Gasteiger partial charge in [0.25, 0.3) is 5.91 Å².